The topological polar surface area (TPSA) is 61.6 Å². The van der Waals surface area contributed by atoms with Crippen molar-refractivity contribution in [1.29, 1.82) is 0 Å². The van der Waals surface area contributed by atoms with Crippen molar-refractivity contribution in [3.05, 3.63) is 29.8 Å². The fourth-order valence-corrected chi connectivity index (χ4v) is 1.14. The van der Waals surface area contributed by atoms with E-state index in [1.165, 1.54) is 6.08 Å². The monoisotopic (exact) mass is 207 g/mol. The molecule has 4 heteroatoms. The second-order valence-corrected chi connectivity index (χ2v) is 2.84. The number of carbonyl (C=O) groups excluding carboxylic acids is 1. The number of nitrogens with two attached hydrogens (primary N) is 1. The van der Waals surface area contributed by atoms with Crippen molar-refractivity contribution in [2.24, 2.45) is 5.73 Å². The molecule has 1 amide bonds. The largest absolute Gasteiger partial charge is 0.497 e. The molecular formula is C11H13NO3. The molecule has 0 unspecified atom stereocenters. The van der Waals surface area contributed by atoms with Gasteiger partial charge in [-0.05, 0) is 24.3 Å². The van der Waals surface area contributed by atoms with E-state index in [0.717, 1.165) is 5.56 Å². The SMILES string of the molecule is COc1ccc(OC)c(/C=C/C(N)=O)c1. The van der Waals surface area contributed by atoms with E-state index in [1.54, 1.807) is 38.5 Å². The minimum atomic E-state index is -0.500. The van der Waals surface area contributed by atoms with Crippen LogP contribution < -0.4 is 15.2 Å². The smallest absolute Gasteiger partial charge is 0.241 e. The number of methoxy groups -OCH3 is 2. The van der Waals surface area contributed by atoms with Crippen molar-refractivity contribution in [3.63, 3.8) is 0 Å². The molecule has 15 heavy (non-hydrogen) atoms. The molecule has 0 aromatic heterocycles. The molecule has 80 valence electrons. The number of primary amides is 1. The van der Waals surface area contributed by atoms with Crippen LogP contribution in [0.4, 0.5) is 0 Å². The molecule has 0 aliphatic rings. The third kappa shape index (κ3) is 3.02. The number of rotatable bonds is 4. The predicted octanol–water partition coefficient (Wildman–Crippen LogP) is 1.20. The van der Waals surface area contributed by atoms with Crippen LogP contribution in [-0.4, -0.2) is 20.1 Å². The van der Waals surface area contributed by atoms with Gasteiger partial charge in [-0.25, -0.2) is 0 Å². The zero-order valence-electron chi connectivity index (χ0n) is 8.69. The molecule has 0 atom stereocenters. The first kappa shape index (κ1) is 11.1. The highest BCUT2D eigenvalue weighted by molar-refractivity contribution is 5.90. The van der Waals surface area contributed by atoms with Gasteiger partial charge >= 0.3 is 0 Å². The molecule has 0 heterocycles. The Hall–Kier alpha value is -1.97. The molecule has 0 fully saturated rings. The molecule has 0 radical (unpaired) electrons. The van der Waals surface area contributed by atoms with Crippen LogP contribution in [0.2, 0.25) is 0 Å². The maximum atomic E-state index is 10.6. The Labute approximate surface area is 88.3 Å². The number of hydrogen-bond donors (Lipinski definition) is 1. The van der Waals surface area contributed by atoms with E-state index in [4.69, 9.17) is 15.2 Å². The minimum Gasteiger partial charge on any atom is -0.497 e. The Bertz CT molecular complexity index is 385. The maximum absolute atomic E-state index is 10.6. The lowest BCUT2D eigenvalue weighted by Crippen LogP contribution is -2.05. The lowest BCUT2D eigenvalue weighted by atomic mass is 10.1. The van der Waals surface area contributed by atoms with E-state index in [9.17, 15) is 4.79 Å². The average Bonchev–Trinajstić information content (AvgIpc) is 2.25. The van der Waals surface area contributed by atoms with Crippen LogP contribution in [0.15, 0.2) is 24.3 Å². The summed E-state index contributed by atoms with van der Waals surface area (Å²) in [4.78, 5) is 10.6. The molecule has 4 nitrogen and oxygen atoms in total. The standard InChI is InChI=1S/C11H13NO3/c1-14-9-4-5-10(15-2)8(7-9)3-6-11(12)13/h3-7H,1-2H3,(H2,12,13)/b6-3+. The summed E-state index contributed by atoms with van der Waals surface area (Å²) in [6.07, 6.45) is 2.86. The van der Waals surface area contributed by atoms with Crippen LogP contribution in [0.5, 0.6) is 11.5 Å². The van der Waals surface area contributed by atoms with Gasteiger partial charge in [0.05, 0.1) is 14.2 Å². The maximum Gasteiger partial charge on any atom is 0.241 e. The van der Waals surface area contributed by atoms with Gasteiger partial charge < -0.3 is 15.2 Å². The number of amides is 1. The van der Waals surface area contributed by atoms with Gasteiger partial charge in [0, 0.05) is 11.6 Å². The molecule has 0 aliphatic carbocycles. The second-order valence-electron chi connectivity index (χ2n) is 2.84. The first-order valence-corrected chi connectivity index (χ1v) is 4.37. The first-order valence-electron chi connectivity index (χ1n) is 4.37. The van der Waals surface area contributed by atoms with Gasteiger partial charge in [0.2, 0.25) is 5.91 Å². The Morgan fingerprint density at radius 1 is 1.33 bits per heavy atom. The van der Waals surface area contributed by atoms with Crippen molar-refractivity contribution < 1.29 is 14.3 Å². The van der Waals surface area contributed by atoms with E-state index in [2.05, 4.69) is 0 Å². The Kier molecular flexibility index (Phi) is 3.74. The summed E-state index contributed by atoms with van der Waals surface area (Å²) in [6, 6.07) is 5.30. The highest BCUT2D eigenvalue weighted by Crippen LogP contribution is 2.24. The van der Waals surface area contributed by atoms with E-state index >= 15 is 0 Å². The summed E-state index contributed by atoms with van der Waals surface area (Å²) in [5, 5.41) is 0. The van der Waals surface area contributed by atoms with Gasteiger partial charge in [0.1, 0.15) is 11.5 Å². The summed E-state index contributed by atoms with van der Waals surface area (Å²) in [6.45, 7) is 0. The van der Waals surface area contributed by atoms with Crippen LogP contribution in [0.3, 0.4) is 0 Å². The molecule has 0 aliphatic heterocycles. The van der Waals surface area contributed by atoms with Gasteiger partial charge in [-0.1, -0.05) is 0 Å². The molecule has 0 saturated heterocycles. The van der Waals surface area contributed by atoms with Crippen molar-refractivity contribution in [2.45, 2.75) is 0 Å². The number of benzene rings is 1. The van der Waals surface area contributed by atoms with Crippen molar-refractivity contribution in [2.75, 3.05) is 14.2 Å². The van der Waals surface area contributed by atoms with E-state index < -0.39 is 5.91 Å². The molecule has 0 saturated carbocycles. The molecular weight excluding hydrogens is 194 g/mol. The van der Waals surface area contributed by atoms with Crippen LogP contribution in [0.1, 0.15) is 5.56 Å². The molecule has 0 spiro atoms. The summed E-state index contributed by atoms with van der Waals surface area (Å²) in [5.41, 5.74) is 5.75. The van der Waals surface area contributed by atoms with E-state index in [-0.39, 0.29) is 0 Å². The number of hydrogen-bond acceptors (Lipinski definition) is 3. The summed E-state index contributed by atoms with van der Waals surface area (Å²) >= 11 is 0. The van der Waals surface area contributed by atoms with E-state index in [1.807, 2.05) is 0 Å². The van der Waals surface area contributed by atoms with Gasteiger partial charge in [0.15, 0.2) is 0 Å². The summed E-state index contributed by atoms with van der Waals surface area (Å²) in [7, 11) is 3.13. The molecule has 0 bridgehead atoms. The third-order valence-corrected chi connectivity index (χ3v) is 1.86. The average molecular weight is 207 g/mol. The minimum absolute atomic E-state index is 0.500. The Morgan fingerprint density at radius 2 is 2.07 bits per heavy atom. The Balaban J connectivity index is 3.06. The second kappa shape index (κ2) is 5.05. The summed E-state index contributed by atoms with van der Waals surface area (Å²) in [5.74, 6) is 0.855. The third-order valence-electron chi connectivity index (χ3n) is 1.86. The van der Waals surface area contributed by atoms with Crippen LogP contribution in [0, 0.1) is 0 Å². The van der Waals surface area contributed by atoms with Crippen molar-refractivity contribution >= 4 is 12.0 Å². The fourth-order valence-electron chi connectivity index (χ4n) is 1.14. The molecule has 1 rings (SSSR count). The van der Waals surface area contributed by atoms with Crippen LogP contribution in [0.25, 0.3) is 6.08 Å². The Morgan fingerprint density at radius 3 is 2.60 bits per heavy atom. The fraction of sp³-hybridized carbons (Fsp3) is 0.182. The van der Waals surface area contributed by atoms with Gasteiger partial charge in [0.25, 0.3) is 0 Å². The first-order chi connectivity index (χ1) is 7.17. The van der Waals surface area contributed by atoms with Crippen molar-refractivity contribution in [1.82, 2.24) is 0 Å². The number of carbonyl (C=O) groups is 1. The lowest BCUT2D eigenvalue weighted by Gasteiger charge is -2.06. The van der Waals surface area contributed by atoms with E-state index in [0.29, 0.717) is 11.5 Å². The molecule has 2 N–H and O–H groups in total. The van der Waals surface area contributed by atoms with Crippen molar-refractivity contribution in [3.8, 4) is 11.5 Å². The highest BCUT2D eigenvalue weighted by Gasteiger charge is 2.01. The zero-order chi connectivity index (χ0) is 11.3. The normalized spacial score (nSPS) is 10.3. The molecule has 1 aromatic rings. The van der Waals surface area contributed by atoms with Crippen LogP contribution >= 0.6 is 0 Å². The zero-order valence-corrected chi connectivity index (χ0v) is 8.69. The van der Waals surface area contributed by atoms with Crippen LogP contribution in [-0.2, 0) is 4.79 Å². The molecule has 1 aromatic carbocycles. The number of ether oxygens (including phenoxy) is 2. The quantitative estimate of drug-likeness (QED) is 0.754. The summed E-state index contributed by atoms with van der Waals surface area (Å²) < 4.78 is 10.2. The predicted molar refractivity (Wildman–Crippen MR) is 57.8 cm³/mol. The highest BCUT2D eigenvalue weighted by atomic mass is 16.5. The van der Waals surface area contributed by atoms with Gasteiger partial charge in [-0.15, -0.1) is 0 Å². The van der Waals surface area contributed by atoms with Gasteiger partial charge in [-0.3, -0.25) is 4.79 Å². The van der Waals surface area contributed by atoms with Gasteiger partial charge in [-0.2, -0.15) is 0 Å². The lowest BCUT2D eigenvalue weighted by molar-refractivity contribution is -0.113.